The highest BCUT2D eigenvalue weighted by atomic mass is 32.2. The third-order valence-corrected chi connectivity index (χ3v) is 6.05. The monoisotopic (exact) mass is 528 g/mol. The summed E-state index contributed by atoms with van der Waals surface area (Å²) in [7, 11) is -3.42. The quantitative estimate of drug-likeness (QED) is 0.370. The summed E-state index contributed by atoms with van der Waals surface area (Å²) in [6, 6.07) is 15.0. The molecule has 2 N–H and O–H groups in total. The van der Waals surface area contributed by atoms with E-state index < -0.39 is 40.8 Å². The summed E-state index contributed by atoms with van der Waals surface area (Å²) in [6.45, 7) is -0.826. The van der Waals surface area contributed by atoms with Crippen molar-refractivity contribution in [2.45, 2.75) is 24.2 Å². The first kappa shape index (κ1) is 27.1. The third kappa shape index (κ3) is 7.49. The number of nitrogens with one attached hydrogen (secondary N) is 2. The van der Waals surface area contributed by atoms with Gasteiger partial charge in [0, 0.05) is 29.6 Å². The first-order valence-electron chi connectivity index (χ1n) is 10.4. The van der Waals surface area contributed by atoms with Gasteiger partial charge in [-0.1, -0.05) is 24.3 Å². The first-order valence-corrected chi connectivity index (χ1v) is 12.3. The number of rotatable bonds is 9. The molecular formula is C24H21F5N2O4S. The largest absolute Gasteiger partial charge is 0.573 e. The van der Waals surface area contributed by atoms with Crippen molar-refractivity contribution < 1.29 is 39.9 Å². The molecule has 192 valence electrons. The lowest BCUT2D eigenvalue weighted by Gasteiger charge is -2.17. The Morgan fingerprint density at radius 2 is 1.64 bits per heavy atom. The molecule has 0 aliphatic carbocycles. The second kappa shape index (κ2) is 11.0. The van der Waals surface area contributed by atoms with E-state index in [2.05, 4.69) is 15.4 Å². The van der Waals surface area contributed by atoms with E-state index in [1.165, 1.54) is 60.7 Å². The van der Waals surface area contributed by atoms with Gasteiger partial charge in [0.15, 0.2) is 9.84 Å². The van der Waals surface area contributed by atoms with Crippen molar-refractivity contribution in [1.82, 2.24) is 5.32 Å². The molecule has 0 spiro atoms. The van der Waals surface area contributed by atoms with Crippen molar-refractivity contribution in [3.05, 3.63) is 77.9 Å². The molecule has 0 aromatic heterocycles. The molecule has 0 atom stereocenters. The lowest BCUT2D eigenvalue weighted by atomic mass is 9.96. The number of ether oxygens (including phenoxy) is 1. The Morgan fingerprint density at radius 3 is 2.25 bits per heavy atom. The average molecular weight is 528 g/mol. The summed E-state index contributed by atoms with van der Waals surface area (Å²) in [6.07, 6.45) is -6.56. The van der Waals surface area contributed by atoms with Gasteiger partial charge >= 0.3 is 6.36 Å². The number of halogens is 5. The highest BCUT2D eigenvalue weighted by molar-refractivity contribution is 7.90. The Morgan fingerprint density at radius 1 is 0.972 bits per heavy atom. The second-order valence-corrected chi connectivity index (χ2v) is 9.70. The lowest BCUT2D eigenvalue weighted by Crippen LogP contribution is -2.22. The van der Waals surface area contributed by atoms with Crippen LogP contribution in [0, 0.1) is 0 Å². The number of carbonyl (C=O) groups is 1. The Kier molecular flexibility index (Phi) is 8.31. The minimum absolute atomic E-state index is 0.0620. The minimum atomic E-state index is -4.95. The number of sulfone groups is 1. The summed E-state index contributed by atoms with van der Waals surface area (Å²) < 4.78 is 91.3. The molecular weight excluding hydrogens is 507 g/mol. The summed E-state index contributed by atoms with van der Waals surface area (Å²) in [4.78, 5) is 12.9. The van der Waals surface area contributed by atoms with E-state index >= 15 is 0 Å². The van der Waals surface area contributed by atoms with Gasteiger partial charge in [-0.15, -0.1) is 13.2 Å². The van der Waals surface area contributed by atoms with E-state index in [0.717, 1.165) is 12.3 Å². The number of alkyl halides is 5. The fourth-order valence-electron chi connectivity index (χ4n) is 3.35. The van der Waals surface area contributed by atoms with Gasteiger partial charge in [-0.05, 0) is 53.6 Å². The molecule has 36 heavy (non-hydrogen) atoms. The van der Waals surface area contributed by atoms with E-state index in [4.69, 9.17) is 0 Å². The molecule has 3 aromatic carbocycles. The highest BCUT2D eigenvalue weighted by Gasteiger charge is 2.32. The van der Waals surface area contributed by atoms with Crippen molar-refractivity contribution in [3.8, 4) is 16.9 Å². The summed E-state index contributed by atoms with van der Waals surface area (Å²) in [5.41, 5.74) is 1.01. The zero-order valence-corrected chi connectivity index (χ0v) is 19.6. The number of hydrogen-bond donors (Lipinski definition) is 2. The standard InChI is InChI=1S/C24H21F5N2O4S/c1-36(33,34)18-9-7-17(8-10-18)31-23(32)15-6-11-19(16(12-15)13-30-14-22(25)26)20-4-2-3-5-21(20)35-24(27,28)29/h2-12,22,30H,13-14H2,1H3,(H,31,32). The Hall–Kier alpha value is -3.51. The maximum absolute atomic E-state index is 12.9. The Labute approximate surface area is 204 Å². The molecule has 0 bridgehead atoms. The number of anilines is 1. The third-order valence-electron chi connectivity index (χ3n) is 4.92. The molecule has 0 heterocycles. The van der Waals surface area contributed by atoms with Crippen LogP contribution in [0.4, 0.5) is 27.6 Å². The predicted octanol–water partition coefficient (Wildman–Crippen LogP) is 5.26. The van der Waals surface area contributed by atoms with Gasteiger partial charge in [0.2, 0.25) is 0 Å². The SMILES string of the molecule is CS(=O)(=O)c1ccc(NC(=O)c2ccc(-c3ccccc3OC(F)(F)F)c(CNCC(F)F)c2)cc1. The van der Waals surface area contributed by atoms with Crippen LogP contribution in [0.15, 0.2) is 71.6 Å². The molecule has 0 fully saturated rings. The van der Waals surface area contributed by atoms with E-state index in [-0.39, 0.29) is 33.7 Å². The molecule has 0 unspecified atom stereocenters. The second-order valence-electron chi connectivity index (χ2n) is 7.69. The molecule has 0 radical (unpaired) electrons. The summed E-state index contributed by atoms with van der Waals surface area (Å²) in [5.74, 6) is -1.08. The lowest BCUT2D eigenvalue weighted by molar-refractivity contribution is -0.274. The van der Waals surface area contributed by atoms with Gasteiger partial charge < -0.3 is 15.4 Å². The minimum Gasteiger partial charge on any atom is -0.405 e. The smallest absolute Gasteiger partial charge is 0.405 e. The zero-order chi connectivity index (χ0) is 26.5. The van der Waals surface area contributed by atoms with Crippen LogP contribution in [0.5, 0.6) is 5.75 Å². The molecule has 1 amide bonds. The Balaban J connectivity index is 1.93. The van der Waals surface area contributed by atoms with E-state index in [9.17, 15) is 35.2 Å². The maximum atomic E-state index is 12.9. The van der Waals surface area contributed by atoms with E-state index in [1.807, 2.05) is 0 Å². The Bertz CT molecular complexity index is 1330. The van der Waals surface area contributed by atoms with Crippen LogP contribution in [0.1, 0.15) is 15.9 Å². The molecule has 0 aliphatic heterocycles. The van der Waals surface area contributed by atoms with Crippen molar-refractivity contribution in [2.75, 3.05) is 18.1 Å². The molecule has 6 nitrogen and oxygen atoms in total. The number of benzene rings is 3. The topological polar surface area (TPSA) is 84.5 Å². The zero-order valence-electron chi connectivity index (χ0n) is 18.8. The molecule has 12 heteroatoms. The van der Waals surface area contributed by atoms with Crippen molar-refractivity contribution in [1.29, 1.82) is 0 Å². The molecule has 3 aromatic rings. The van der Waals surface area contributed by atoms with Crippen molar-refractivity contribution >= 4 is 21.4 Å². The van der Waals surface area contributed by atoms with E-state index in [0.29, 0.717) is 5.69 Å². The fraction of sp³-hybridized carbons (Fsp3) is 0.208. The number of amides is 1. The van der Waals surface area contributed by atoms with Crippen LogP contribution in [0.3, 0.4) is 0 Å². The van der Waals surface area contributed by atoms with Crippen LogP contribution in [0.25, 0.3) is 11.1 Å². The van der Waals surface area contributed by atoms with Crippen molar-refractivity contribution in [3.63, 3.8) is 0 Å². The average Bonchev–Trinajstić information content (AvgIpc) is 2.78. The van der Waals surface area contributed by atoms with Crippen LogP contribution >= 0.6 is 0 Å². The number of hydrogen-bond acceptors (Lipinski definition) is 5. The highest BCUT2D eigenvalue weighted by Crippen LogP contribution is 2.36. The summed E-state index contributed by atoms with van der Waals surface area (Å²) in [5, 5.41) is 5.11. The summed E-state index contributed by atoms with van der Waals surface area (Å²) >= 11 is 0. The van der Waals surface area contributed by atoms with Gasteiger partial charge in [-0.25, -0.2) is 17.2 Å². The molecule has 0 saturated heterocycles. The van der Waals surface area contributed by atoms with Gasteiger partial charge in [-0.3, -0.25) is 4.79 Å². The van der Waals surface area contributed by atoms with Crippen LogP contribution in [0.2, 0.25) is 0 Å². The maximum Gasteiger partial charge on any atom is 0.573 e. The molecule has 3 rings (SSSR count). The molecule has 0 aliphatic rings. The van der Waals surface area contributed by atoms with Gasteiger partial charge in [0.25, 0.3) is 12.3 Å². The van der Waals surface area contributed by atoms with Crippen LogP contribution < -0.4 is 15.4 Å². The van der Waals surface area contributed by atoms with E-state index in [1.54, 1.807) is 0 Å². The fourth-order valence-corrected chi connectivity index (χ4v) is 3.98. The number of carbonyl (C=O) groups excluding carboxylic acids is 1. The van der Waals surface area contributed by atoms with Gasteiger partial charge in [0.05, 0.1) is 11.4 Å². The molecule has 0 saturated carbocycles. The van der Waals surface area contributed by atoms with Gasteiger partial charge in [0.1, 0.15) is 5.75 Å². The first-order chi connectivity index (χ1) is 16.8. The normalized spacial score (nSPS) is 12.0. The van der Waals surface area contributed by atoms with Crippen molar-refractivity contribution in [2.24, 2.45) is 0 Å². The predicted molar refractivity (Wildman–Crippen MR) is 124 cm³/mol. The van der Waals surface area contributed by atoms with Crippen LogP contribution in [-0.4, -0.2) is 39.9 Å². The number of para-hydroxylation sites is 1. The van der Waals surface area contributed by atoms with Gasteiger partial charge in [-0.2, -0.15) is 0 Å². The van der Waals surface area contributed by atoms with Crippen LogP contribution in [-0.2, 0) is 16.4 Å².